The van der Waals surface area contributed by atoms with Gasteiger partial charge >= 0.3 is 5.97 Å². The Morgan fingerprint density at radius 1 is 1.09 bits per heavy atom. The van der Waals surface area contributed by atoms with E-state index in [9.17, 15) is 9.59 Å². The summed E-state index contributed by atoms with van der Waals surface area (Å²) in [5.41, 5.74) is 2.43. The van der Waals surface area contributed by atoms with Crippen LogP contribution in [0.4, 0.5) is 6.01 Å². The number of fused-ring (bicyclic) bond motifs is 1. The van der Waals surface area contributed by atoms with Crippen LogP contribution in [0.2, 0.25) is 5.02 Å². The molecule has 0 saturated carbocycles. The van der Waals surface area contributed by atoms with E-state index in [1.165, 1.54) is 30.4 Å². The number of methoxy groups -OCH3 is 1. The zero-order valence-corrected chi connectivity index (χ0v) is 20.0. The Morgan fingerprint density at radius 2 is 1.89 bits per heavy atom. The SMILES string of the molecule is COC(=O)c1ccc(-n2nccn2)c(C(=O)N2CCN(c3nc4cc(Cl)ccc4o3)CC[C@H]2C)c1. The van der Waals surface area contributed by atoms with Gasteiger partial charge in [0.05, 0.1) is 36.3 Å². The van der Waals surface area contributed by atoms with Crippen molar-refractivity contribution in [2.45, 2.75) is 19.4 Å². The summed E-state index contributed by atoms with van der Waals surface area (Å²) < 4.78 is 10.8. The zero-order chi connectivity index (χ0) is 24.5. The maximum Gasteiger partial charge on any atom is 0.337 e. The predicted octanol–water partition coefficient (Wildman–Crippen LogP) is 3.59. The first kappa shape index (κ1) is 22.9. The molecule has 1 amide bonds. The van der Waals surface area contributed by atoms with Crippen LogP contribution in [0, 0.1) is 0 Å². The second-order valence-corrected chi connectivity index (χ2v) is 8.71. The van der Waals surface area contributed by atoms with Crippen LogP contribution in [0.15, 0.2) is 53.2 Å². The molecule has 1 aliphatic rings. The van der Waals surface area contributed by atoms with Gasteiger partial charge in [0.2, 0.25) is 0 Å². The third kappa shape index (κ3) is 4.44. The highest BCUT2D eigenvalue weighted by molar-refractivity contribution is 6.31. The van der Waals surface area contributed by atoms with Gasteiger partial charge in [-0.25, -0.2) is 4.79 Å². The zero-order valence-electron chi connectivity index (χ0n) is 19.2. The maximum absolute atomic E-state index is 13.8. The molecule has 0 radical (unpaired) electrons. The molecule has 0 N–H and O–H groups in total. The summed E-state index contributed by atoms with van der Waals surface area (Å²) in [6, 6.07) is 10.5. The van der Waals surface area contributed by atoms with E-state index >= 15 is 0 Å². The summed E-state index contributed by atoms with van der Waals surface area (Å²) >= 11 is 6.08. The number of amides is 1. The summed E-state index contributed by atoms with van der Waals surface area (Å²) in [5.74, 6) is -0.744. The molecule has 5 rings (SSSR count). The first-order valence-corrected chi connectivity index (χ1v) is 11.5. The van der Waals surface area contributed by atoms with Crippen LogP contribution in [0.1, 0.15) is 34.1 Å². The number of oxazole rings is 1. The van der Waals surface area contributed by atoms with E-state index in [1.54, 1.807) is 35.2 Å². The predicted molar refractivity (Wildman–Crippen MR) is 129 cm³/mol. The summed E-state index contributed by atoms with van der Waals surface area (Å²) in [4.78, 5) is 35.7. The van der Waals surface area contributed by atoms with Crippen LogP contribution in [-0.4, -0.2) is 69.5 Å². The number of rotatable bonds is 4. The highest BCUT2D eigenvalue weighted by atomic mass is 35.5. The molecule has 0 spiro atoms. The normalized spacial score (nSPS) is 16.4. The molecular weight excluding hydrogens is 472 g/mol. The van der Waals surface area contributed by atoms with Crippen LogP contribution in [0.5, 0.6) is 0 Å². The molecule has 0 unspecified atom stereocenters. The molecule has 35 heavy (non-hydrogen) atoms. The minimum atomic E-state index is -0.523. The lowest BCUT2D eigenvalue weighted by Crippen LogP contribution is -2.40. The number of ether oxygens (including phenoxy) is 1. The van der Waals surface area contributed by atoms with Gasteiger partial charge in [0, 0.05) is 30.7 Å². The maximum atomic E-state index is 13.8. The van der Waals surface area contributed by atoms with E-state index in [2.05, 4.69) is 15.2 Å². The van der Waals surface area contributed by atoms with Crippen molar-refractivity contribution in [3.63, 3.8) is 0 Å². The number of nitrogens with zero attached hydrogens (tertiary/aromatic N) is 6. The number of hydrogen-bond acceptors (Lipinski definition) is 8. The van der Waals surface area contributed by atoms with Crippen molar-refractivity contribution in [1.82, 2.24) is 24.9 Å². The largest absolute Gasteiger partial charge is 0.465 e. The van der Waals surface area contributed by atoms with Gasteiger partial charge < -0.3 is 19.0 Å². The van der Waals surface area contributed by atoms with E-state index in [-0.39, 0.29) is 17.5 Å². The minimum absolute atomic E-state index is 0.0634. The number of carbonyl (C=O) groups is 2. The molecule has 1 atom stereocenters. The average molecular weight is 495 g/mol. The third-order valence-corrected chi connectivity index (χ3v) is 6.35. The van der Waals surface area contributed by atoms with Crippen molar-refractivity contribution in [2.24, 2.45) is 0 Å². The van der Waals surface area contributed by atoms with Gasteiger partial charge in [0.1, 0.15) is 5.52 Å². The third-order valence-electron chi connectivity index (χ3n) is 6.11. The number of halogens is 1. The van der Waals surface area contributed by atoms with E-state index in [4.69, 9.17) is 20.8 Å². The summed E-state index contributed by atoms with van der Waals surface area (Å²) in [5, 5.41) is 8.92. The van der Waals surface area contributed by atoms with Crippen LogP contribution in [-0.2, 0) is 4.74 Å². The summed E-state index contributed by atoms with van der Waals surface area (Å²) in [7, 11) is 1.30. The minimum Gasteiger partial charge on any atom is -0.465 e. The van der Waals surface area contributed by atoms with Crippen molar-refractivity contribution in [3.8, 4) is 5.69 Å². The monoisotopic (exact) mass is 494 g/mol. The van der Waals surface area contributed by atoms with Gasteiger partial charge in [-0.3, -0.25) is 4.79 Å². The van der Waals surface area contributed by atoms with Crippen molar-refractivity contribution in [1.29, 1.82) is 0 Å². The number of carbonyl (C=O) groups excluding carboxylic acids is 2. The van der Waals surface area contributed by atoms with Gasteiger partial charge in [-0.15, -0.1) is 0 Å². The average Bonchev–Trinajstić information content (AvgIpc) is 3.50. The smallest absolute Gasteiger partial charge is 0.337 e. The molecular formula is C24H23ClN6O4. The molecule has 3 heterocycles. The van der Waals surface area contributed by atoms with Crippen molar-refractivity contribution in [2.75, 3.05) is 31.6 Å². The molecule has 1 saturated heterocycles. The number of aromatic nitrogens is 4. The second kappa shape index (κ2) is 9.38. The van der Waals surface area contributed by atoms with Crippen LogP contribution < -0.4 is 4.90 Å². The highest BCUT2D eigenvalue weighted by Gasteiger charge is 2.30. The fraction of sp³-hybridized carbons (Fsp3) is 0.292. The molecule has 1 aliphatic heterocycles. The van der Waals surface area contributed by atoms with Crippen molar-refractivity contribution in [3.05, 3.63) is 64.9 Å². The lowest BCUT2D eigenvalue weighted by Gasteiger charge is -2.27. The standard InChI is InChI=1S/C24H23ClN6O4/c1-15-7-10-29(24-28-19-14-17(25)4-6-21(19)35-24)11-12-30(15)22(32)18-13-16(23(33)34-2)3-5-20(18)31-26-8-9-27-31/h3-6,8-9,13-15H,7,10-12H2,1-2H3/t15-/m1/s1. The Bertz CT molecular complexity index is 1390. The van der Waals surface area contributed by atoms with Crippen LogP contribution >= 0.6 is 11.6 Å². The molecule has 10 nitrogen and oxygen atoms in total. The van der Waals surface area contributed by atoms with Gasteiger partial charge in [-0.05, 0) is 49.7 Å². The van der Waals surface area contributed by atoms with Crippen molar-refractivity contribution < 1.29 is 18.7 Å². The number of esters is 1. The molecule has 4 aromatic rings. The Hall–Kier alpha value is -3.92. The van der Waals surface area contributed by atoms with E-state index in [1.807, 2.05) is 11.8 Å². The topological polar surface area (TPSA) is 107 Å². The summed E-state index contributed by atoms with van der Waals surface area (Å²) in [6.07, 6.45) is 3.77. The van der Waals surface area contributed by atoms with Gasteiger partial charge in [-0.2, -0.15) is 20.0 Å². The highest BCUT2D eigenvalue weighted by Crippen LogP contribution is 2.27. The second-order valence-electron chi connectivity index (χ2n) is 8.27. The first-order valence-electron chi connectivity index (χ1n) is 11.2. The van der Waals surface area contributed by atoms with Gasteiger partial charge in [-0.1, -0.05) is 11.6 Å². The fourth-order valence-electron chi connectivity index (χ4n) is 4.20. The van der Waals surface area contributed by atoms with E-state index in [0.717, 1.165) is 0 Å². The molecule has 1 fully saturated rings. The Morgan fingerprint density at radius 3 is 2.66 bits per heavy atom. The lowest BCUT2D eigenvalue weighted by atomic mass is 10.1. The Balaban J connectivity index is 1.43. The van der Waals surface area contributed by atoms with Gasteiger partial charge in [0.25, 0.3) is 11.9 Å². The quantitative estimate of drug-likeness (QED) is 0.396. The number of benzene rings is 2. The number of hydrogen-bond donors (Lipinski definition) is 0. The van der Waals surface area contributed by atoms with Crippen molar-refractivity contribution >= 4 is 40.6 Å². The van der Waals surface area contributed by atoms with Crippen LogP contribution in [0.3, 0.4) is 0 Å². The number of anilines is 1. The fourth-order valence-corrected chi connectivity index (χ4v) is 4.36. The lowest BCUT2D eigenvalue weighted by molar-refractivity contribution is 0.0600. The summed E-state index contributed by atoms with van der Waals surface area (Å²) in [6.45, 7) is 3.64. The molecule has 11 heteroatoms. The Kier molecular flexibility index (Phi) is 6.12. The molecule has 180 valence electrons. The van der Waals surface area contributed by atoms with E-state index < -0.39 is 5.97 Å². The first-order chi connectivity index (χ1) is 16.9. The molecule has 0 aliphatic carbocycles. The Labute approximate surface area is 206 Å². The van der Waals surface area contributed by atoms with E-state index in [0.29, 0.717) is 59.4 Å². The van der Waals surface area contributed by atoms with Crippen LogP contribution in [0.25, 0.3) is 16.8 Å². The molecule has 2 aromatic heterocycles. The molecule has 2 aromatic carbocycles. The molecule has 0 bridgehead atoms. The van der Waals surface area contributed by atoms with Gasteiger partial charge in [0.15, 0.2) is 5.58 Å².